The van der Waals surface area contributed by atoms with Gasteiger partial charge in [-0.25, -0.2) is 0 Å². The van der Waals surface area contributed by atoms with E-state index in [9.17, 15) is 13.2 Å². The minimum absolute atomic E-state index is 0.136. The van der Waals surface area contributed by atoms with Gasteiger partial charge in [-0.3, -0.25) is 4.99 Å². The van der Waals surface area contributed by atoms with E-state index in [0.29, 0.717) is 29.3 Å². The zero-order valence-corrected chi connectivity index (χ0v) is 20.0. The van der Waals surface area contributed by atoms with Crippen molar-refractivity contribution in [2.24, 2.45) is 16.6 Å². The van der Waals surface area contributed by atoms with Gasteiger partial charge in [0.05, 0.1) is 11.7 Å². The molecule has 1 spiro atoms. The molecule has 35 heavy (non-hydrogen) atoms. The summed E-state index contributed by atoms with van der Waals surface area (Å²) in [6, 6.07) is 10.0. The van der Waals surface area contributed by atoms with Crippen LogP contribution in [0, 0.1) is 17.8 Å². The summed E-state index contributed by atoms with van der Waals surface area (Å²) in [5, 5.41) is 0. The highest BCUT2D eigenvalue weighted by molar-refractivity contribution is 6.02. The molecule has 0 amide bonds. The van der Waals surface area contributed by atoms with Crippen molar-refractivity contribution in [3.05, 3.63) is 69.8 Å². The van der Waals surface area contributed by atoms with Crippen LogP contribution in [-0.2, 0) is 22.9 Å². The van der Waals surface area contributed by atoms with Crippen molar-refractivity contribution in [1.29, 1.82) is 0 Å². The summed E-state index contributed by atoms with van der Waals surface area (Å²) in [7, 11) is 1.73. The fraction of sp³-hybridized carbons (Fsp3) is 0.483. The molecule has 3 nitrogen and oxygen atoms in total. The quantitative estimate of drug-likeness (QED) is 0.484. The average molecular weight is 481 g/mol. The first-order chi connectivity index (χ1) is 16.8. The lowest BCUT2D eigenvalue weighted by atomic mass is 9.75. The lowest BCUT2D eigenvalue weighted by Gasteiger charge is -2.31. The number of fused-ring (bicyclic) bond motifs is 4. The van der Waals surface area contributed by atoms with E-state index in [2.05, 4.69) is 24.0 Å². The molecule has 2 N–H and O–H groups in total. The minimum Gasteiger partial charge on any atom is -0.383 e. The second-order valence-corrected chi connectivity index (χ2v) is 10.0. The Morgan fingerprint density at radius 1 is 1.00 bits per heavy atom. The highest BCUT2D eigenvalue weighted by Gasteiger charge is 2.44. The average Bonchev–Trinajstić information content (AvgIpc) is 3.62. The Kier molecular flexibility index (Phi) is 6.40. The van der Waals surface area contributed by atoms with Crippen molar-refractivity contribution in [2.75, 3.05) is 7.11 Å². The fourth-order valence-corrected chi connectivity index (χ4v) is 5.47. The van der Waals surface area contributed by atoms with Gasteiger partial charge in [-0.1, -0.05) is 30.4 Å². The molecule has 5 rings (SSSR count). The van der Waals surface area contributed by atoms with Crippen molar-refractivity contribution in [3.63, 3.8) is 0 Å². The highest BCUT2D eigenvalue weighted by atomic mass is 19.4. The summed E-state index contributed by atoms with van der Waals surface area (Å²) in [4.78, 5) is 4.95. The number of hydrogen-bond donors (Lipinski definition) is 1. The van der Waals surface area contributed by atoms with Gasteiger partial charge in [-0.2, -0.15) is 13.2 Å². The molecular formula is C29H31F3N2O. The van der Waals surface area contributed by atoms with Crippen LogP contribution in [0.25, 0.3) is 0 Å². The molecule has 0 saturated heterocycles. The molecule has 2 aromatic carbocycles. The largest absolute Gasteiger partial charge is 0.416 e. The van der Waals surface area contributed by atoms with Crippen LogP contribution < -0.4 is 5.73 Å². The minimum atomic E-state index is -4.44. The van der Waals surface area contributed by atoms with Crippen molar-refractivity contribution in [1.82, 2.24) is 0 Å². The maximum absolute atomic E-state index is 13.8. The van der Waals surface area contributed by atoms with Gasteiger partial charge in [0.1, 0.15) is 11.4 Å². The Balaban J connectivity index is 1.69. The number of alkyl halides is 3. The van der Waals surface area contributed by atoms with Crippen LogP contribution in [0.5, 0.6) is 0 Å². The summed E-state index contributed by atoms with van der Waals surface area (Å²) in [6.07, 6.45) is 3.94. The second-order valence-electron chi connectivity index (χ2n) is 10.0. The van der Waals surface area contributed by atoms with Crippen molar-refractivity contribution in [2.45, 2.75) is 75.6 Å². The van der Waals surface area contributed by atoms with Gasteiger partial charge >= 0.3 is 6.18 Å². The van der Waals surface area contributed by atoms with Crippen LogP contribution in [-0.4, -0.2) is 19.0 Å². The molecule has 2 aromatic rings. The number of hydrogen-bond acceptors (Lipinski definition) is 3. The van der Waals surface area contributed by atoms with Gasteiger partial charge in [0.25, 0.3) is 0 Å². The number of methoxy groups -OCH3 is 1. The van der Waals surface area contributed by atoms with Crippen LogP contribution in [0.1, 0.15) is 84.7 Å². The van der Waals surface area contributed by atoms with E-state index in [1.807, 2.05) is 6.07 Å². The molecule has 1 fully saturated rings. The molecule has 2 aliphatic carbocycles. The van der Waals surface area contributed by atoms with Crippen molar-refractivity contribution in [3.8, 4) is 11.8 Å². The first kappa shape index (κ1) is 23.9. The third-order valence-electron chi connectivity index (χ3n) is 7.55. The number of halogens is 3. The maximum Gasteiger partial charge on any atom is 0.416 e. The Labute approximate surface area is 205 Å². The summed E-state index contributed by atoms with van der Waals surface area (Å²) < 4.78 is 47.0. The number of benzene rings is 2. The van der Waals surface area contributed by atoms with Gasteiger partial charge in [0, 0.05) is 24.2 Å². The number of nitrogens with two attached hydrogens (primary N) is 1. The van der Waals surface area contributed by atoms with Crippen LogP contribution >= 0.6 is 0 Å². The van der Waals surface area contributed by atoms with Gasteiger partial charge in [-0.15, -0.1) is 0 Å². The molecule has 0 radical (unpaired) electrons. The first-order valence-corrected chi connectivity index (χ1v) is 12.6. The summed E-state index contributed by atoms with van der Waals surface area (Å²) >= 11 is 0. The lowest BCUT2D eigenvalue weighted by molar-refractivity contribution is -0.137. The number of nitrogens with zero attached hydrogens (tertiary/aromatic N) is 1. The summed E-state index contributed by atoms with van der Waals surface area (Å²) in [5.74, 6) is 7.37. The Hall–Kier alpha value is -2.78. The first-order valence-electron chi connectivity index (χ1n) is 12.6. The highest BCUT2D eigenvalue weighted by Crippen LogP contribution is 2.48. The van der Waals surface area contributed by atoms with E-state index in [4.69, 9.17) is 15.5 Å². The molecule has 3 aliphatic rings. The van der Waals surface area contributed by atoms with Crippen LogP contribution in [0.4, 0.5) is 13.2 Å². The molecule has 0 bridgehead atoms. The topological polar surface area (TPSA) is 47.6 Å². The van der Waals surface area contributed by atoms with E-state index in [1.54, 1.807) is 7.11 Å². The van der Waals surface area contributed by atoms with E-state index in [1.165, 1.54) is 12.1 Å². The molecular weight excluding hydrogens is 449 g/mol. The number of aliphatic imine (C=N–C) groups is 1. The fourth-order valence-electron chi connectivity index (χ4n) is 5.47. The predicted molar refractivity (Wildman–Crippen MR) is 131 cm³/mol. The molecule has 1 heterocycles. The van der Waals surface area contributed by atoms with E-state index in [0.717, 1.165) is 74.1 Å². The third kappa shape index (κ3) is 4.84. The van der Waals surface area contributed by atoms with Gasteiger partial charge in [-0.05, 0) is 92.3 Å². The van der Waals surface area contributed by atoms with E-state index >= 15 is 0 Å². The van der Waals surface area contributed by atoms with Crippen LogP contribution in [0.3, 0.4) is 0 Å². The second kappa shape index (κ2) is 9.35. The molecule has 0 aromatic heterocycles. The SMILES string of the molecule is COC1CCCCc2ccc(C#CC3CC3)cc2C2(CCC1)N=C(N)c1ccc(C(F)(F)F)cc12. The number of amidine groups is 1. The number of rotatable bonds is 1. The smallest absolute Gasteiger partial charge is 0.383 e. The van der Waals surface area contributed by atoms with Crippen LogP contribution in [0.2, 0.25) is 0 Å². The van der Waals surface area contributed by atoms with E-state index < -0.39 is 17.3 Å². The van der Waals surface area contributed by atoms with Crippen molar-refractivity contribution < 1.29 is 17.9 Å². The normalized spacial score (nSPS) is 24.6. The summed E-state index contributed by atoms with van der Waals surface area (Å²) in [6.45, 7) is 0. The van der Waals surface area contributed by atoms with Gasteiger partial charge in [0.15, 0.2) is 0 Å². The monoisotopic (exact) mass is 480 g/mol. The molecule has 6 heteroatoms. The lowest BCUT2D eigenvalue weighted by Crippen LogP contribution is -2.27. The predicted octanol–water partition coefficient (Wildman–Crippen LogP) is 6.34. The Morgan fingerprint density at radius 2 is 1.80 bits per heavy atom. The summed E-state index contributed by atoms with van der Waals surface area (Å²) in [5.41, 5.74) is 8.82. The molecule has 184 valence electrons. The molecule has 2 unspecified atom stereocenters. The maximum atomic E-state index is 13.8. The standard InChI is InChI=1S/C29H31F3N2O/c1-35-23-6-3-2-5-21-13-12-20(11-10-19-8-9-19)17-25(21)28(16-4-7-23)26-18-22(29(30,31)32)14-15-24(26)27(33)34-28/h12-15,17-19,23H,2-9,16H2,1H3,(H2,33,34). The zero-order valence-electron chi connectivity index (χ0n) is 20.0. The van der Waals surface area contributed by atoms with Gasteiger partial charge in [0.2, 0.25) is 0 Å². The molecule has 1 saturated carbocycles. The third-order valence-corrected chi connectivity index (χ3v) is 7.55. The zero-order chi connectivity index (χ0) is 24.6. The van der Waals surface area contributed by atoms with E-state index in [-0.39, 0.29) is 6.10 Å². The van der Waals surface area contributed by atoms with Crippen LogP contribution in [0.15, 0.2) is 41.4 Å². The Morgan fingerprint density at radius 3 is 2.54 bits per heavy atom. The number of aryl methyl sites for hydroxylation is 1. The Bertz CT molecular complexity index is 1200. The van der Waals surface area contributed by atoms with Gasteiger partial charge < -0.3 is 10.5 Å². The molecule has 2 atom stereocenters. The molecule has 1 aliphatic heterocycles. The van der Waals surface area contributed by atoms with Crippen molar-refractivity contribution >= 4 is 5.84 Å². The number of ether oxygens (including phenoxy) is 1.